The molecule has 0 radical (unpaired) electrons. The number of fused-ring (bicyclic) bond motifs is 1. The van der Waals surface area contributed by atoms with Crippen LogP contribution in [-0.4, -0.2) is 11.5 Å². The molecule has 16 heavy (non-hydrogen) atoms. The average molecular weight is 218 g/mol. The third-order valence-electron chi connectivity index (χ3n) is 2.72. The SMILES string of the molecule is Cc1nc2ccc(F)cc2cc1CCCN. The van der Waals surface area contributed by atoms with E-state index in [4.69, 9.17) is 5.73 Å². The molecule has 0 aliphatic carbocycles. The highest BCUT2D eigenvalue weighted by Crippen LogP contribution is 2.18. The summed E-state index contributed by atoms with van der Waals surface area (Å²) >= 11 is 0. The molecular formula is C13H15FN2. The van der Waals surface area contributed by atoms with Crippen molar-refractivity contribution >= 4 is 10.9 Å². The Labute approximate surface area is 94.3 Å². The Bertz CT molecular complexity index is 509. The average Bonchev–Trinajstić information content (AvgIpc) is 2.27. The van der Waals surface area contributed by atoms with Gasteiger partial charge in [0, 0.05) is 11.1 Å². The second-order valence-corrected chi connectivity index (χ2v) is 3.96. The number of aromatic nitrogens is 1. The fourth-order valence-corrected chi connectivity index (χ4v) is 1.83. The molecule has 84 valence electrons. The molecule has 0 fully saturated rings. The van der Waals surface area contributed by atoms with Gasteiger partial charge in [-0.3, -0.25) is 4.98 Å². The highest BCUT2D eigenvalue weighted by molar-refractivity contribution is 5.79. The Balaban J connectivity index is 2.46. The molecule has 0 aliphatic heterocycles. The molecule has 0 spiro atoms. The largest absolute Gasteiger partial charge is 0.330 e. The van der Waals surface area contributed by atoms with E-state index < -0.39 is 0 Å². The summed E-state index contributed by atoms with van der Waals surface area (Å²) in [5.74, 6) is -0.220. The molecule has 2 N–H and O–H groups in total. The number of hydrogen-bond donors (Lipinski definition) is 1. The molecule has 1 aromatic carbocycles. The first-order chi connectivity index (χ1) is 7.70. The van der Waals surface area contributed by atoms with Crippen LogP contribution >= 0.6 is 0 Å². The quantitative estimate of drug-likeness (QED) is 0.860. The van der Waals surface area contributed by atoms with Crippen molar-refractivity contribution in [2.75, 3.05) is 6.54 Å². The first kappa shape index (κ1) is 11.0. The van der Waals surface area contributed by atoms with Crippen LogP contribution in [-0.2, 0) is 6.42 Å². The van der Waals surface area contributed by atoms with Crippen LogP contribution < -0.4 is 5.73 Å². The highest BCUT2D eigenvalue weighted by Gasteiger charge is 2.03. The number of pyridine rings is 1. The summed E-state index contributed by atoms with van der Waals surface area (Å²) in [6.45, 7) is 2.65. The van der Waals surface area contributed by atoms with Crippen molar-refractivity contribution in [2.45, 2.75) is 19.8 Å². The number of halogens is 1. The Kier molecular flexibility index (Phi) is 3.15. The fourth-order valence-electron chi connectivity index (χ4n) is 1.83. The van der Waals surface area contributed by atoms with Gasteiger partial charge in [-0.05, 0) is 56.1 Å². The first-order valence-corrected chi connectivity index (χ1v) is 5.46. The van der Waals surface area contributed by atoms with E-state index in [1.165, 1.54) is 12.1 Å². The predicted octanol–water partition coefficient (Wildman–Crippen LogP) is 2.57. The van der Waals surface area contributed by atoms with E-state index in [2.05, 4.69) is 4.98 Å². The summed E-state index contributed by atoms with van der Waals surface area (Å²) in [4.78, 5) is 4.46. The summed E-state index contributed by atoms with van der Waals surface area (Å²) in [5.41, 5.74) is 8.49. The molecule has 1 heterocycles. The summed E-state index contributed by atoms with van der Waals surface area (Å²) in [6.07, 6.45) is 1.84. The maximum atomic E-state index is 13.1. The molecule has 3 heteroatoms. The minimum Gasteiger partial charge on any atom is -0.330 e. The van der Waals surface area contributed by atoms with Gasteiger partial charge in [-0.1, -0.05) is 0 Å². The van der Waals surface area contributed by atoms with Crippen molar-refractivity contribution in [3.63, 3.8) is 0 Å². The van der Waals surface area contributed by atoms with E-state index in [9.17, 15) is 4.39 Å². The van der Waals surface area contributed by atoms with Crippen LogP contribution in [0.4, 0.5) is 4.39 Å². The van der Waals surface area contributed by atoms with Crippen LogP contribution in [0.15, 0.2) is 24.3 Å². The van der Waals surface area contributed by atoms with E-state index in [-0.39, 0.29) is 5.82 Å². The van der Waals surface area contributed by atoms with Gasteiger partial charge in [0.25, 0.3) is 0 Å². The maximum absolute atomic E-state index is 13.1. The normalized spacial score (nSPS) is 10.9. The molecule has 0 saturated heterocycles. The molecule has 0 atom stereocenters. The molecule has 0 amide bonds. The van der Waals surface area contributed by atoms with Crippen LogP contribution in [0.3, 0.4) is 0 Å². The molecule has 0 saturated carbocycles. The number of aryl methyl sites for hydroxylation is 2. The topological polar surface area (TPSA) is 38.9 Å². The fraction of sp³-hybridized carbons (Fsp3) is 0.308. The van der Waals surface area contributed by atoms with E-state index in [0.717, 1.165) is 35.0 Å². The van der Waals surface area contributed by atoms with Gasteiger partial charge in [0.05, 0.1) is 5.52 Å². The van der Waals surface area contributed by atoms with Gasteiger partial charge in [-0.2, -0.15) is 0 Å². The van der Waals surface area contributed by atoms with E-state index in [1.807, 2.05) is 13.0 Å². The van der Waals surface area contributed by atoms with Gasteiger partial charge in [-0.15, -0.1) is 0 Å². The zero-order valence-corrected chi connectivity index (χ0v) is 9.33. The van der Waals surface area contributed by atoms with Crippen LogP contribution in [0.25, 0.3) is 10.9 Å². The Morgan fingerprint density at radius 3 is 2.88 bits per heavy atom. The Hall–Kier alpha value is -1.48. The number of nitrogens with two attached hydrogens (primary N) is 1. The lowest BCUT2D eigenvalue weighted by molar-refractivity contribution is 0.629. The molecule has 2 rings (SSSR count). The molecule has 2 nitrogen and oxygen atoms in total. The second-order valence-electron chi connectivity index (χ2n) is 3.96. The predicted molar refractivity (Wildman–Crippen MR) is 63.8 cm³/mol. The number of nitrogens with zero attached hydrogens (tertiary/aromatic N) is 1. The van der Waals surface area contributed by atoms with Crippen molar-refractivity contribution in [1.82, 2.24) is 4.98 Å². The Morgan fingerprint density at radius 2 is 2.12 bits per heavy atom. The smallest absolute Gasteiger partial charge is 0.123 e. The van der Waals surface area contributed by atoms with E-state index >= 15 is 0 Å². The summed E-state index contributed by atoms with van der Waals surface area (Å²) in [5, 5.41) is 0.859. The number of benzene rings is 1. The molecule has 2 aromatic rings. The summed E-state index contributed by atoms with van der Waals surface area (Å²) in [7, 11) is 0. The highest BCUT2D eigenvalue weighted by atomic mass is 19.1. The van der Waals surface area contributed by atoms with Gasteiger partial charge >= 0.3 is 0 Å². The van der Waals surface area contributed by atoms with Gasteiger partial charge < -0.3 is 5.73 Å². The minimum absolute atomic E-state index is 0.220. The third-order valence-corrected chi connectivity index (χ3v) is 2.72. The van der Waals surface area contributed by atoms with Crippen molar-refractivity contribution in [1.29, 1.82) is 0 Å². The molecule has 0 bridgehead atoms. The number of hydrogen-bond acceptors (Lipinski definition) is 2. The van der Waals surface area contributed by atoms with Crippen molar-refractivity contribution in [3.8, 4) is 0 Å². The summed E-state index contributed by atoms with van der Waals surface area (Å²) < 4.78 is 13.1. The van der Waals surface area contributed by atoms with Crippen LogP contribution in [0.1, 0.15) is 17.7 Å². The van der Waals surface area contributed by atoms with Crippen LogP contribution in [0.5, 0.6) is 0 Å². The summed E-state index contributed by atoms with van der Waals surface area (Å²) in [6, 6.07) is 6.68. The standard InChI is InChI=1S/C13H15FN2/c1-9-10(3-2-6-15)7-11-8-12(14)4-5-13(11)16-9/h4-5,7-8H,2-3,6,15H2,1H3. The van der Waals surface area contributed by atoms with Gasteiger partial charge in [0.15, 0.2) is 0 Å². The van der Waals surface area contributed by atoms with Gasteiger partial charge in [-0.25, -0.2) is 4.39 Å². The van der Waals surface area contributed by atoms with Crippen LogP contribution in [0.2, 0.25) is 0 Å². The molecule has 0 unspecified atom stereocenters. The third kappa shape index (κ3) is 2.19. The monoisotopic (exact) mass is 218 g/mol. The number of rotatable bonds is 3. The minimum atomic E-state index is -0.220. The lowest BCUT2D eigenvalue weighted by Gasteiger charge is -2.06. The second kappa shape index (κ2) is 4.58. The maximum Gasteiger partial charge on any atom is 0.123 e. The van der Waals surface area contributed by atoms with Crippen LogP contribution in [0, 0.1) is 12.7 Å². The zero-order chi connectivity index (χ0) is 11.5. The van der Waals surface area contributed by atoms with E-state index in [0.29, 0.717) is 6.54 Å². The van der Waals surface area contributed by atoms with E-state index in [1.54, 1.807) is 6.07 Å². The molecule has 1 aromatic heterocycles. The molecule has 0 aliphatic rings. The Morgan fingerprint density at radius 1 is 1.31 bits per heavy atom. The van der Waals surface area contributed by atoms with Gasteiger partial charge in [0.1, 0.15) is 5.82 Å². The van der Waals surface area contributed by atoms with Crippen molar-refractivity contribution in [2.24, 2.45) is 5.73 Å². The lowest BCUT2D eigenvalue weighted by atomic mass is 10.1. The zero-order valence-electron chi connectivity index (χ0n) is 9.33. The van der Waals surface area contributed by atoms with Crippen molar-refractivity contribution in [3.05, 3.63) is 41.3 Å². The molecular weight excluding hydrogens is 203 g/mol. The lowest BCUT2D eigenvalue weighted by Crippen LogP contribution is -2.02. The first-order valence-electron chi connectivity index (χ1n) is 5.46. The van der Waals surface area contributed by atoms with Crippen molar-refractivity contribution < 1.29 is 4.39 Å². The van der Waals surface area contributed by atoms with Gasteiger partial charge in [0.2, 0.25) is 0 Å².